The Morgan fingerprint density at radius 2 is 0.956 bits per heavy atom. The Morgan fingerprint density at radius 3 is 1.49 bits per heavy atom. The number of benzene rings is 5. The van der Waals surface area contributed by atoms with E-state index in [0.29, 0.717) is 0 Å². The first kappa shape index (κ1) is 25.9. The zero-order valence-corrected chi connectivity index (χ0v) is 25.6. The highest BCUT2D eigenvalue weighted by Crippen LogP contribution is 2.39. The van der Waals surface area contributed by atoms with E-state index in [1.165, 1.54) is 43.0 Å². The number of hydrogen-bond donors (Lipinski definition) is 0. The molecule has 5 aromatic carbocycles. The SMILES string of the molecule is c1ccc([Si](c2ccccc2)(c2ccccc2)c2ccc3c(c2)-c2cc(-n4c5ccncc5c5cnccc54)ccc2C3)cc1. The highest BCUT2D eigenvalue weighted by atomic mass is 28.3. The van der Waals surface area contributed by atoms with Crippen LogP contribution in [0.4, 0.5) is 0 Å². The number of fused-ring (bicyclic) bond motifs is 6. The highest BCUT2D eigenvalue weighted by Gasteiger charge is 2.42. The van der Waals surface area contributed by atoms with Crippen LogP contribution in [0.2, 0.25) is 0 Å². The summed E-state index contributed by atoms with van der Waals surface area (Å²) in [7, 11) is -2.62. The van der Waals surface area contributed by atoms with E-state index in [9.17, 15) is 0 Å². The average molecular weight is 592 g/mol. The van der Waals surface area contributed by atoms with E-state index < -0.39 is 8.07 Å². The van der Waals surface area contributed by atoms with E-state index in [-0.39, 0.29) is 0 Å². The standard InChI is InChI=1S/C41H29N3Si/c1-4-10-32(11-5-1)45(33-12-6-2-7-13-33,34-14-8-3-9-15-34)35-19-17-30-24-29-16-18-31(25-36(29)37(30)26-35)44-40-20-22-42-27-38(40)39-28-43-23-21-41(39)44/h1-23,25-28H,24H2. The normalized spacial score (nSPS) is 12.4. The average Bonchev–Trinajstić information content (AvgIpc) is 3.65. The Bertz CT molecular complexity index is 2200. The molecule has 0 unspecified atom stereocenters. The van der Waals surface area contributed by atoms with Crippen LogP contribution in [0, 0.1) is 0 Å². The molecule has 0 spiro atoms. The molecule has 4 heteroatoms. The second-order valence-corrected chi connectivity index (χ2v) is 15.7. The van der Waals surface area contributed by atoms with Crippen molar-refractivity contribution in [2.75, 3.05) is 0 Å². The predicted octanol–water partition coefficient (Wildman–Crippen LogP) is 6.52. The number of hydrogen-bond acceptors (Lipinski definition) is 2. The van der Waals surface area contributed by atoms with E-state index >= 15 is 0 Å². The van der Waals surface area contributed by atoms with Crippen molar-refractivity contribution in [3.63, 3.8) is 0 Å². The minimum atomic E-state index is -2.62. The summed E-state index contributed by atoms with van der Waals surface area (Å²) in [4.78, 5) is 8.86. The van der Waals surface area contributed by atoms with Crippen molar-refractivity contribution in [2.24, 2.45) is 0 Å². The van der Waals surface area contributed by atoms with Gasteiger partial charge in [-0.2, -0.15) is 0 Å². The van der Waals surface area contributed by atoms with Crippen LogP contribution in [-0.2, 0) is 6.42 Å². The van der Waals surface area contributed by atoms with E-state index in [1.807, 2.05) is 24.8 Å². The zero-order valence-electron chi connectivity index (χ0n) is 24.6. The molecular formula is C41H29N3Si. The molecule has 0 saturated heterocycles. The molecular weight excluding hydrogens is 563 g/mol. The quantitative estimate of drug-likeness (QED) is 0.169. The Balaban J connectivity index is 1.29. The van der Waals surface area contributed by atoms with Crippen LogP contribution in [0.1, 0.15) is 11.1 Å². The summed E-state index contributed by atoms with van der Waals surface area (Å²) in [6.07, 6.45) is 8.60. The van der Waals surface area contributed by atoms with Gasteiger partial charge in [-0.15, -0.1) is 0 Å². The third kappa shape index (κ3) is 3.89. The van der Waals surface area contributed by atoms with Crippen molar-refractivity contribution in [3.8, 4) is 16.8 Å². The van der Waals surface area contributed by atoms with E-state index in [1.54, 1.807) is 0 Å². The number of nitrogens with zero attached hydrogens (tertiary/aromatic N) is 3. The molecule has 0 bridgehead atoms. The lowest BCUT2D eigenvalue weighted by Crippen LogP contribution is -2.74. The van der Waals surface area contributed by atoms with Crippen LogP contribution in [0.25, 0.3) is 38.6 Å². The summed E-state index contributed by atoms with van der Waals surface area (Å²) < 4.78 is 2.35. The molecule has 0 fully saturated rings. The van der Waals surface area contributed by atoms with E-state index in [0.717, 1.165) is 33.9 Å². The summed E-state index contributed by atoms with van der Waals surface area (Å²) in [5.74, 6) is 0. The van der Waals surface area contributed by atoms with Gasteiger partial charge in [-0.05, 0) is 73.7 Å². The Morgan fingerprint density at radius 1 is 0.467 bits per heavy atom. The van der Waals surface area contributed by atoms with Gasteiger partial charge in [0.2, 0.25) is 0 Å². The maximum atomic E-state index is 4.43. The van der Waals surface area contributed by atoms with Crippen molar-refractivity contribution in [3.05, 3.63) is 175 Å². The molecule has 0 saturated carbocycles. The lowest BCUT2D eigenvalue weighted by atomic mass is 10.1. The Hall–Kier alpha value is -5.58. The van der Waals surface area contributed by atoms with Gasteiger partial charge >= 0.3 is 0 Å². The molecule has 0 N–H and O–H groups in total. The second-order valence-electron chi connectivity index (χ2n) is 11.9. The molecule has 1 aliphatic carbocycles. The number of aromatic nitrogens is 3. The fourth-order valence-electron chi connectivity index (χ4n) is 7.58. The largest absolute Gasteiger partial charge is 0.309 e. The van der Waals surface area contributed by atoms with Gasteiger partial charge in [0.1, 0.15) is 0 Å². The molecule has 3 heterocycles. The number of pyridine rings is 2. The van der Waals surface area contributed by atoms with Gasteiger partial charge < -0.3 is 4.57 Å². The molecule has 9 rings (SSSR count). The summed E-state index contributed by atoms with van der Waals surface area (Å²) >= 11 is 0. The predicted molar refractivity (Wildman–Crippen MR) is 188 cm³/mol. The van der Waals surface area contributed by atoms with Gasteiger partial charge in [0.05, 0.1) is 11.0 Å². The first-order valence-corrected chi connectivity index (χ1v) is 17.4. The van der Waals surface area contributed by atoms with Crippen molar-refractivity contribution in [1.29, 1.82) is 0 Å². The van der Waals surface area contributed by atoms with Gasteiger partial charge in [0, 0.05) is 41.2 Å². The maximum absolute atomic E-state index is 4.43. The topological polar surface area (TPSA) is 30.7 Å². The molecule has 3 aromatic heterocycles. The van der Waals surface area contributed by atoms with Gasteiger partial charge in [-0.25, -0.2) is 0 Å². The molecule has 45 heavy (non-hydrogen) atoms. The van der Waals surface area contributed by atoms with Crippen LogP contribution in [0.15, 0.2) is 164 Å². The molecule has 0 radical (unpaired) electrons. The van der Waals surface area contributed by atoms with Crippen LogP contribution < -0.4 is 20.7 Å². The first-order valence-electron chi connectivity index (χ1n) is 15.4. The minimum absolute atomic E-state index is 0.947. The van der Waals surface area contributed by atoms with Gasteiger partial charge in [0.25, 0.3) is 0 Å². The van der Waals surface area contributed by atoms with Crippen molar-refractivity contribution < 1.29 is 0 Å². The maximum Gasteiger partial charge on any atom is 0.179 e. The van der Waals surface area contributed by atoms with Crippen molar-refractivity contribution in [2.45, 2.75) is 6.42 Å². The van der Waals surface area contributed by atoms with Gasteiger partial charge in [-0.1, -0.05) is 115 Å². The minimum Gasteiger partial charge on any atom is -0.309 e. The Labute approximate surface area is 263 Å². The van der Waals surface area contributed by atoms with Gasteiger partial charge in [-0.3, -0.25) is 9.97 Å². The summed E-state index contributed by atoms with van der Waals surface area (Å²) in [6, 6.07) is 52.0. The molecule has 1 aliphatic rings. The van der Waals surface area contributed by atoms with Crippen molar-refractivity contribution >= 4 is 50.6 Å². The first-order chi connectivity index (χ1) is 22.3. The van der Waals surface area contributed by atoms with Crippen LogP contribution in [0.5, 0.6) is 0 Å². The zero-order chi connectivity index (χ0) is 29.8. The monoisotopic (exact) mass is 591 g/mol. The molecule has 8 aromatic rings. The van der Waals surface area contributed by atoms with Crippen LogP contribution >= 0.6 is 0 Å². The number of rotatable bonds is 5. The van der Waals surface area contributed by atoms with Crippen LogP contribution in [-0.4, -0.2) is 22.6 Å². The molecule has 0 atom stereocenters. The third-order valence-corrected chi connectivity index (χ3v) is 14.3. The molecule has 0 amide bonds. The lowest BCUT2D eigenvalue weighted by Gasteiger charge is -2.34. The Kier molecular flexibility index (Phi) is 5.90. The molecule has 0 aliphatic heterocycles. The highest BCUT2D eigenvalue weighted by molar-refractivity contribution is 7.19. The smallest absolute Gasteiger partial charge is 0.179 e. The second kappa shape index (κ2) is 10.3. The summed E-state index contributed by atoms with van der Waals surface area (Å²) in [5, 5.41) is 7.81. The summed E-state index contributed by atoms with van der Waals surface area (Å²) in [5.41, 5.74) is 8.86. The van der Waals surface area contributed by atoms with Gasteiger partial charge in [0.15, 0.2) is 8.07 Å². The fraction of sp³-hybridized carbons (Fsp3) is 0.0244. The molecule has 212 valence electrons. The summed E-state index contributed by atoms with van der Waals surface area (Å²) in [6.45, 7) is 0. The van der Waals surface area contributed by atoms with Crippen LogP contribution in [0.3, 0.4) is 0 Å². The third-order valence-electron chi connectivity index (χ3n) is 9.55. The molecule has 3 nitrogen and oxygen atoms in total. The van der Waals surface area contributed by atoms with E-state index in [2.05, 4.69) is 154 Å². The fourth-order valence-corrected chi connectivity index (χ4v) is 12.4. The van der Waals surface area contributed by atoms with Crippen molar-refractivity contribution in [1.82, 2.24) is 14.5 Å². The van der Waals surface area contributed by atoms with E-state index in [4.69, 9.17) is 0 Å². The lowest BCUT2D eigenvalue weighted by molar-refractivity contribution is 1.16.